The fourth-order valence-electron chi connectivity index (χ4n) is 5.63. The van der Waals surface area contributed by atoms with Gasteiger partial charge in [-0.25, -0.2) is 0 Å². The minimum atomic E-state index is -4.82. The fraction of sp³-hybridized carbons (Fsp3) is 0.600. The Balaban J connectivity index is 1.41. The van der Waals surface area contributed by atoms with E-state index >= 15 is 0 Å². The molecule has 1 N–H and O–H groups in total. The molecule has 4 rings (SSSR count). The first-order chi connectivity index (χ1) is 17.3. The lowest BCUT2D eigenvalue weighted by atomic mass is 9.96. The normalized spacial score (nSPS) is 26.6. The van der Waals surface area contributed by atoms with E-state index in [0.717, 1.165) is 12.1 Å². The molecule has 3 fully saturated rings. The highest BCUT2D eigenvalue weighted by molar-refractivity contribution is 5.91. The minimum absolute atomic E-state index is 0.0766. The van der Waals surface area contributed by atoms with Crippen molar-refractivity contribution in [2.45, 2.75) is 45.1 Å². The van der Waals surface area contributed by atoms with Gasteiger partial charge in [-0.05, 0) is 54.4 Å². The molecule has 12 heteroatoms. The van der Waals surface area contributed by atoms with Gasteiger partial charge in [-0.15, -0.1) is 13.2 Å². The molecule has 3 amide bonds. The number of fused-ring (bicyclic) bond motifs is 1. The van der Waals surface area contributed by atoms with Crippen LogP contribution in [0.15, 0.2) is 24.3 Å². The number of aldehydes is 1. The molecule has 1 aromatic carbocycles. The fourth-order valence-corrected chi connectivity index (χ4v) is 5.63. The Kier molecular flexibility index (Phi) is 7.13. The zero-order valence-electron chi connectivity index (χ0n) is 20.8. The number of likely N-dealkylation sites (tertiary alicyclic amines) is 1. The number of nitrogens with one attached hydrogen (secondary N) is 1. The van der Waals surface area contributed by atoms with Gasteiger partial charge in [0.05, 0.1) is 6.04 Å². The molecule has 9 nitrogen and oxygen atoms in total. The highest BCUT2D eigenvalue weighted by atomic mass is 19.4. The van der Waals surface area contributed by atoms with Gasteiger partial charge in [0.25, 0.3) is 5.91 Å². The van der Waals surface area contributed by atoms with Crippen LogP contribution in [0, 0.1) is 23.2 Å². The molecule has 1 aliphatic carbocycles. The van der Waals surface area contributed by atoms with Gasteiger partial charge in [0, 0.05) is 26.1 Å². The number of hydrogen-bond donors (Lipinski definition) is 1. The average Bonchev–Trinajstić information content (AvgIpc) is 3.19. The maximum absolute atomic E-state index is 13.6. The van der Waals surface area contributed by atoms with E-state index in [4.69, 9.17) is 4.74 Å². The molecule has 0 bridgehead atoms. The first kappa shape index (κ1) is 26.7. The summed E-state index contributed by atoms with van der Waals surface area (Å²) < 4.78 is 46.3. The van der Waals surface area contributed by atoms with Crippen LogP contribution in [0.3, 0.4) is 0 Å². The van der Waals surface area contributed by atoms with E-state index in [-0.39, 0.29) is 47.2 Å². The molecular formula is C25H30F3N3O6. The van der Waals surface area contributed by atoms with Crippen molar-refractivity contribution in [3.8, 4) is 11.5 Å². The van der Waals surface area contributed by atoms with Crippen LogP contribution in [0.5, 0.6) is 11.5 Å². The second kappa shape index (κ2) is 9.86. The molecule has 0 aromatic heterocycles. The third-order valence-corrected chi connectivity index (χ3v) is 7.89. The van der Waals surface area contributed by atoms with Crippen LogP contribution in [0.4, 0.5) is 13.2 Å². The lowest BCUT2D eigenvalue weighted by Crippen LogP contribution is -2.54. The summed E-state index contributed by atoms with van der Waals surface area (Å²) >= 11 is 0. The van der Waals surface area contributed by atoms with Crippen LogP contribution in [0.25, 0.3) is 0 Å². The number of benzene rings is 1. The number of piperidine rings is 1. The molecule has 2 saturated heterocycles. The molecule has 2 aliphatic heterocycles. The lowest BCUT2D eigenvalue weighted by Gasteiger charge is -2.34. The minimum Gasteiger partial charge on any atom is -0.484 e. The van der Waals surface area contributed by atoms with Crippen LogP contribution < -0.4 is 14.8 Å². The van der Waals surface area contributed by atoms with Gasteiger partial charge in [0.2, 0.25) is 11.8 Å². The molecule has 0 unspecified atom stereocenters. The number of amides is 3. The topological polar surface area (TPSA) is 105 Å². The van der Waals surface area contributed by atoms with Crippen molar-refractivity contribution in [3.63, 3.8) is 0 Å². The summed E-state index contributed by atoms with van der Waals surface area (Å²) in [5.41, 5.74) is -0.144. The number of nitrogens with zero attached hydrogens (tertiary/aromatic N) is 2. The summed E-state index contributed by atoms with van der Waals surface area (Å²) in [6.07, 6.45) is -3.34. The first-order valence-electron chi connectivity index (χ1n) is 12.1. The van der Waals surface area contributed by atoms with Crippen molar-refractivity contribution in [1.29, 1.82) is 0 Å². The molecule has 0 spiro atoms. The SMILES string of the molecule is CN(C(=O)[C@@H]1[C@@H]2[C@H](CN1C(=O)COc1ccc(OC(F)(F)F)cc1)C2(C)C)[C@H](C=O)C[C@@H]1CCNC1=O. The maximum Gasteiger partial charge on any atom is 0.573 e. The van der Waals surface area contributed by atoms with Crippen molar-refractivity contribution in [1.82, 2.24) is 15.1 Å². The van der Waals surface area contributed by atoms with Crippen LogP contribution in [-0.2, 0) is 19.2 Å². The third kappa shape index (κ3) is 5.52. The number of likely N-dealkylation sites (N-methyl/N-ethyl adjacent to an activating group) is 1. The highest BCUT2D eigenvalue weighted by Crippen LogP contribution is 2.65. The predicted molar refractivity (Wildman–Crippen MR) is 123 cm³/mol. The molecule has 2 heterocycles. The van der Waals surface area contributed by atoms with Gasteiger partial charge in [-0.1, -0.05) is 13.8 Å². The number of carbonyl (C=O) groups is 4. The van der Waals surface area contributed by atoms with Gasteiger partial charge in [0.15, 0.2) is 6.61 Å². The Morgan fingerprint density at radius 3 is 2.46 bits per heavy atom. The molecule has 202 valence electrons. The smallest absolute Gasteiger partial charge is 0.484 e. The first-order valence-corrected chi connectivity index (χ1v) is 12.1. The van der Waals surface area contributed by atoms with Gasteiger partial charge in [-0.2, -0.15) is 0 Å². The molecule has 37 heavy (non-hydrogen) atoms. The number of rotatable bonds is 9. The van der Waals surface area contributed by atoms with Crippen molar-refractivity contribution in [2.75, 3.05) is 26.7 Å². The molecule has 0 radical (unpaired) electrons. The second-order valence-corrected chi connectivity index (χ2v) is 10.4. The number of halogens is 3. The van der Waals surface area contributed by atoms with Gasteiger partial charge < -0.3 is 29.4 Å². The van der Waals surface area contributed by atoms with Crippen LogP contribution >= 0.6 is 0 Å². The Labute approximate surface area is 212 Å². The second-order valence-electron chi connectivity index (χ2n) is 10.4. The summed E-state index contributed by atoms with van der Waals surface area (Å²) in [6, 6.07) is 3.08. The van der Waals surface area contributed by atoms with Crippen molar-refractivity contribution < 1.29 is 41.8 Å². The van der Waals surface area contributed by atoms with Crippen LogP contribution in [0.1, 0.15) is 26.7 Å². The summed E-state index contributed by atoms with van der Waals surface area (Å²) in [5, 5.41) is 2.73. The third-order valence-electron chi connectivity index (χ3n) is 7.89. The molecule has 1 saturated carbocycles. The van der Waals surface area contributed by atoms with E-state index in [2.05, 4.69) is 10.1 Å². The standard InChI is InChI=1S/C25H30F3N3O6/c1-24(2)18-11-31(19(33)13-36-16-4-6-17(7-5-16)37-25(26,27)28)21(20(18)24)23(35)30(3)15(12-32)10-14-8-9-29-22(14)34/h4-7,12,14-15,18,20-21H,8-11,13H2,1-3H3,(H,29,34)/t14-,15-,18-,20-,21-/m0/s1. The van der Waals surface area contributed by atoms with E-state index in [9.17, 15) is 32.3 Å². The quantitative estimate of drug-likeness (QED) is 0.495. The molecule has 3 aliphatic rings. The van der Waals surface area contributed by atoms with Gasteiger partial charge >= 0.3 is 6.36 Å². The summed E-state index contributed by atoms with van der Waals surface area (Å²) in [4.78, 5) is 53.3. The monoisotopic (exact) mass is 525 g/mol. The van der Waals surface area contributed by atoms with E-state index in [0.29, 0.717) is 25.8 Å². The van der Waals surface area contributed by atoms with Gasteiger partial charge in [0.1, 0.15) is 23.8 Å². The summed E-state index contributed by atoms with van der Waals surface area (Å²) in [6.45, 7) is 4.55. The Bertz CT molecular complexity index is 1060. The molecule has 1 aromatic rings. The highest BCUT2D eigenvalue weighted by Gasteiger charge is 2.69. The van der Waals surface area contributed by atoms with E-state index in [1.54, 1.807) is 0 Å². The largest absolute Gasteiger partial charge is 0.573 e. The lowest BCUT2D eigenvalue weighted by molar-refractivity contribution is -0.274. The summed E-state index contributed by atoms with van der Waals surface area (Å²) in [5.74, 6) is -1.49. The van der Waals surface area contributed by atoms with Crippen molar-refractivity contribution in [3.05, 3.63) is 24.3 Å². The number of hydrogen-bond acceptors (Lipinski definition) is 6. The average molecular weight is 526 g/mol. The predicted octanol–water partition coefficient (Wildman–Crippen LogP) is 2.00. The van der Waals surface area contributed by atoms with E-state index < -0.39 is 36.7 Å². The van der Waals surface area contributed by atoms with Crippen molar-refractivity contribution in [2.24, 2.45) is 23.2 Å². The zero-order valence-corrected chi connectivity index (χ0v) is 20.8. The van der Waals surface area contributed by atoms with E-state index in [1.807, 2.05) is 13.8 Å². The van der Waals surface area contributed by atoms with Crippen LogP contribution in [0.2, 0.25) is 0 Å². The molecule has 5 atom stereocenters. The number of ether oxygens (including phenoxy) is 2. The Morgan fingerprint density at radius 1 is 1.24 bits per heavy atom. The van der Waals surface area contributed by atoms with Gasteiger partial charge in [-0.3, -0.25) is 14.4 Å². The molecular weight excluding hydrogens is 495 g/mol. The Hall–Kier alpha value is -3.31. The number of alkyl halides is 3. The number of carbonyl (C=O) groups excluding carboxylic acids is 4. The van der Waals surface area contributed by atoms with E-state index in [1.165, 1.54) is 29.0 Å². The Morgan fingerprint density at radius 2 is 1.89 bits per heavy atom. The maximum atomic E-state index is 13.6. The van der Waals surface area contributed by atoms with Crippen LogP contribution in [-0.4, -0.2) is 79.0 Å². The summed E-state index contributed by atoms with van der Waals surface area (Å²) in [7, 11) is 1.51. The van der Waals surface area contributed by atoms with Crippen molar-refractivity contribution >= 4 is 24.0 Å². The zero-order chi connectivity index (χ0) is 27.1.